The zero-order valence-electron chi connectivity index (χ0n) is 13.1. The van der Waals surface area contributed by atoms with Gasteiger partial charge in [0.2, 0.25) is 5.91 Å². The van der Waals surface area contributed by atoms with Crippen LogP contribution in [0.15, 0.2) is 36.9 Å². The zero-order valence-corrected chi connectivity index (χ0v) is 13.1. The minimum Gasteiger partial charge on any atom is -0.324 e. The van der Waals surface area contributed by atoms with E-state index in [1.807, 2.05) is 22.9 Å². The summed E-state index contributed by atoms with van der Waals surface area (Å²) in [6.07, 6.45) is 7.23. The molecule has 1 aromatic carbocycles. The van der Waals surface area contributed by atoms with Crippen LogP contribution in [0, 0.1) is 0 Å². The van der Waals surface area contributed by atoms with Gasteiger partial charge in [-0.2, -0.15) is 5.10 Å². The number of piperidine rings is 1. The van der Waals surface area contributed by atoms with Crippen LogP contribution in [0.25, 0.3) is 0 Å². The number of fused-ring (bicyclic) bond motifs is 1. The fourth-order valence-corrected chi connectivity index (χ4v) is 3.72. The summed E-state index contributed by atoms with van der Waals surface area (Å²) in [6, 6.07) is 8.48. The van der Waals surface area contributed by atoms with Gasteiger partial charge in [0, 0.05) is 18.8 Å². The average molecular weight is 311 g/mol. The van der Waals surface area contributed by atoms with E-state index in [2.05, 4.69) is 26.4 Å². The molecule has 3 heterocycles. The maximum absolute atomic E-state index is 12.6. The van der Waals surface area contributed by atoms with Crippen LogP contribution in [0.2, 0.25) is 0 Å². The number of aryl methyl sites for hydroxylation is 1. The second-order valence-electron chi connectivity index (χ2n) is 6.34. The van der Waals surface area contributed by atoms with Crippen molar-refractivity contribution in [2.75, 3.05) is 18.4 Å². The summed E-state index contributed by atoms with van der Waals surface area (Å²) in [5, 5.41) is 7.34. The lowest BCUT2D eigenvalue weighted by Gasteiger charge is -2.36. The number of anilines is 1. The number of benzene rings is 1. The molecular weight excluding hydrogens is 290 g/mol. The Kier molecular flexibility index (Phi) is 3.83. The summed E-state index contributed by atoms with van der Waals surface area (Å²) in [6.45, 7) is 1.86. The Hall–Kier alpha value is -2.21. The second-order valence-corrected chi connectivity index (χ2v) is 6.34. The number of rotatable bonds is 2. The highest BCUT2D eigenvalue weighted by Crippen LogP contribution is 2.27. The molecule has 1 N–H and O–H groups in total. The highest BCUT2D eigenvalue weighted by molar-refractivity contribution is 5.96. The minimum absolute atomic E-state index is 0.0286. The van der Waals surface area contributed by atoms with Gasteiger partial charge in [0.25, 0.3) is 0 Å². The summed E-state index contributed by atoms with van der Waals surface area (Å²) < 4.78 is 1.94. The number of para-hydroxylation sites is 1. The predicted octanol–water partition coefficient (Wildman–Crippen LogP) is 1.87. The molecule has 1 amide bonds. The van der Waals surface area contributed by atoms with E-state index in [4.69, 9.17) is 0 Å². The molecule has 0 spiro atoms. The smallest absolute Gasteiger partial charge is 0.241 e. The average Bonchev–Trinajstić information content (AvgIpc) is 3.06. The van der Waals surface area contributed by atoms with E-state index in [9.17, 15) is 4.79 Å². The maximum atomic E-state index is 12.6. The number of aromatic nitrogens is 3. The highest BCUT2D eigenvalue weighted by atomic mass is 16.2. The summed E-state index contributed by atoms with van der Waals surface area (Å²) in [5.74, 6) is 0.133. The van der Waals surface area contributed by atoms with Gasteiger partial charge in [-0.1, -0.05) is 18.2 Å². The molecule has 2 aromatic rings. The van der Waals surface area contributed by atoms with Gasteiger partial charge >= 0.3 is 0 Å². The van der Waals surface area contributed by atoms with E-state index in [1.54, 1.807) is 12.7 Å². The van der Waals surface area contributed by atoms with Crippen molar-refractivity contribution >= 4 is 11.6 Å². The van der Waals surface area contributed by atoms with Gasteiger partial charge in [-0.05, 0) is 37.3 Å². The molecule has 120 valence electrons. The van der Waals surface area contributed by atoms with Crippen LogP contribution < -0.4 is 5.32 Å². The number of carbonyl (C=O) groups excluding carboxylic acids is 1. The van der Waals surface area contributed by atoms with Crippen LogP contribution in [0.3, 0.4) is 0 Å². The first-order chi connectivity index (χ1) is 11.3. The number of nitrogens with one attached hydrogen (secondary N) is 1. The largest absolute Gasteiger partial charge is 0.324 e. The lowest BCUT2D eigenvalue weighted by atomic mass is 10.00. The molecule has 0 bridgehead atoms. The molecule has 2 aliphatic rings. The third-order valence-electron chi connectivity index (χ3n) is 5.02. The van der Waals surface area contributed by atoms with Crippen molar-refractivity contribution < 1.29 is 4.79 Å². The Morgan fingerprint density at radius 2 is 1.96 bits per heavy atom. The Balaban J connectivity index is 1.42. The van der Waals surface area contributed by atoms with Gasteiger partial charge in [0.05, 0.1) is 12.1 Å². The van der Waals surface area contributed by atoms with Crippen molar-refractivity contribution in [2.45, 2.75) is 37.8 Å². The Bertz CT molecular complexity index is 676. The van der Waals surface area contributed by atoms with Gasteiger partial charge < -0.3 is 5.32 Å². The monoisotopic (exact) mass is 311 g/mol. The molecule has 6 heteroatoms. The summed E-state index contributed by atoms with van der Waals surface area (Å²) in [4.78, 5) is 19.0. The van der Waals surface area contributed by atoms with E-state index in [0.29, 0.717) is 6.04 Å². The highest BCUT2D eigenvalue weighted by Gasteiger charge is 2.32. The summed E-state index contributed by atoms with van der Waals surface area (Å²) >= 11 is 0. The van der Waals surface area contributed by atoms with Crippen molar-refractivity contribution in [1.82, 2.24) is 19.7 Å². The van der Waals surface area contributed by atoms with E-state index < -0.39 is 0 Å². The van der Waals surface area contributed by atoms with Gasteiger partial charge in [0.1, 0.15) is 12.7 Å². The number of hydrogen-bond acceptors (Lipinski definition) is 4. The van der Waals surface area contributed by atoms with Gasteiger partial charge in [0.15, 0.2) is 0 Å². The SMILES string of the molecule is O=C1Nc2ccccc2CC[C@@H]1N1CCC(n2cncn2)CC1. The fourth-order valence-electron chi connectivity index (χ4n) is 3.72. The van der Waals surface area contributed by atoms with Crippen LogP contribution in [0.4, 0.5) is 5.69 Å². The summed E-state index contributed by atoms with van der Waals surface area (Å²) in [5.41, 5.74) is 2.21. The van der Waals surface area contributed by atoms with Crippen LogP contribution in [-0.2, 0) is 11.2 Å². The molecule has 1 fully saturated rings. The third kappa shape index (κ3) is 2.86. The van der Waals surface area contributed by atoms with Crippen molar-refractivity contribution in [3.8, 4) is 0 Å². The zero-order chi connectivity index (χ0) is 15.6. The summed E-state index contributed by atoms with van der Waals surface area (Å²) in [7, 11) is 0. The molecule has 4 rings (SSSR count). The molecule has 0 radical (unpaired) electrons. The van der Waals surface area contributed by atoms with Crippen LogP contribution in [-0.4, -0.2) is 44.7 Å². The first-order valence-electron chi connectivity index (χ1n) is 8.28. The number of nitrogens with zero attached hydrogens (tertiary/aromatic N) is 4. The molecule has 0 saturated carbocycles. The van der Waals surface area contributed by atoms with Gasteiger partial charge in [-0.25, -0.2) is 9.67 Å². The lowest BCUT2D eigenvalue weighted by molar-refractivity contribution is -0.122. The molecule has 23 heavy (non-hydrogen) atoms. The topological polar surface area (TPSA) is 63.1 Å². The molecule has 1 aromatic heterocycles. The third-order valence-corrected chi connectivity index (χ3v) is 5.02. The first-order valence-corrected chi connectivity index (χ1v) is 8.28. The lowest BCUT2D eigenvalue weighted by Crippen LogP contribution is -2.47. The first kappa shape index (κ1) is 14.4. The van der Waals surface area contributed by atoms with Crippen LogP contribution >= 0.6 is 0 Å². The molecule has 1 atom stereocenters. The van der Waals surface area contributed by atoms with Gasteiger partial charge in [-0.15, -0.1) is 0 Å². The molecule has 6 nitrogen and oxygen atoms in total. The number of hydrogen-bond donors (Lipinski definition) is 1. The molecular formula is C17H21N5O. The minimum atomic E-state index is -0.0286. The maximum Gasteiger partial charge on any atom is 0.241 e. The number of likely N-dealkylation sites (tertiary alicyclic amines) is 1. The fraction of sp³-hybridized carbons (Fsp3) is 0.471. The van der Waals surface area contributed by atoms with Gasteiger partial charge in [-0.3, -0.25) is 9.69 Å². The molecule has 0 aliphatic carbocycles. The normalized spacial score (nSPS) is 23.1. The quantitative estimate of drug-likeness (QED) is 0.919. The Morgan fingerprint density at radius 1 is 1.13 bits per heavy atom. The standard InChI is InChI=1S/C17H21N5O/c23-17-16(6-5-13-3-1-2-4-15(13)20-17)21-9-7-14(8-10-21)22-12-18-11-19-22/h1-4,11-12,14,16H,5-10H2,(H,20,23)/t16-/m0/s1. The molecule has 2 aliphatic heterocycles. The van der Waals surface area contributed by atoms with E-state index in [0.717, 1.165) is 44.5 Å². The van der Waals surface area contributed by atoms with E-state index >= 15 is 0 Å². The van der Waals surface area contributed by atoms with Crippen molar-refractivity contribution in [1.29, 1.82) is 0 Å². The Morgan fingerprint density at radius 3 is 2.74 bits per heavy atom. The van der Waals surface area contributed by atoms with Crippen molar-refractivity contribution in [2.24, 2.45) is 0 Å². The van der Waals surface area contributed by atoms with E-state index in [1.165, 1.54) is 5.56 Å². The Labute approximate surface area is 135 Å². The predicted molar refractivity (Wildman–Crippen MR) is 87.0 cm³/mol. The van der Waals surface area contributed by atoms with Crippen LogP contribution in [0.1, 0.15) is 30.9 Å². The van der Waals surface area contributed by atoms with E-state index in [-0.39, 0.29) is 11.9 Å². The number of carbonyl (C=O) groups is 1. The van der Waals surface area contributed by atoms with Crippen LogP contribution in [0.5, 0.6) is 0 Å². The molecule has 0 unspecified atom stereocenters. The second kappa shape index (κ2) is 6.12. The van der Waals surface area contributed by atoms with Crippen molar-refractivity contribution in [3.63, 3.8) is 0 Å². The molecule has 1 saturated heterocycles. The van der Waals surface area contributed by atoms with Crippen molar-refractivity contribution in [3.05, 3.63) is 42.5 Å². The number of amides is 1.